The summed E-state index contributed by atoms with van der Waals surface area (Å²) in [6.45, 7) is 4.62. The van der Waals surface area contributed by atoms with Crippen LogP contribution in [0.5, 0.6) is 0 Å². The van der Waals surface area contributed by atoms with E-state index in [1.807, 2.05) is 13.0 Å². The number of nitrogens with zero attached hydrogens (tertiary/aromatic N) is 1. The van der Waals surface area contributed by atoms with E-state index in [1.165, 1.54) is 25.9 Å². The van der Waals surface area contributed by atoms with Gasteiger partial charge >= 0.3 is 0 Å². The maximum absolute atomic E-state index is 7.62. The minimum absolute atomic E-state index is 0.625. The Morgan fingerprint density at radius 2 is 1.80 bits per heavy atom. The van der Waals surface area contributed by atoms with Crippen molar-refractivity contribution < 1.29 is 4.90 Å². The Hall–Kier alpha value is -0.550. The Kier molecular flexibility index (Phi) is 6.21. The monoisotopic (exact) mass is 141 g/mol. The first-order chi connectivity index (χ1) is 4.81. The van der Waals surface area contributed by atoms with Gasteiger partial charge in [-0.25, -0.2) is 0 Å². The maximum Gasteiger partial charge on any atom is 0.0771 e. The van der Waals surface area contributed by atoms with Crippen LogP contribution in [-0.4, -0.2) is 20.1 Å². The van der Waals surface area contributed by atoms with Crippen molar-refractivity contribution in [1.82, 2.24) is 0 Å². The van der Waals surface area contributed by atoms with Crippen molar-refractivity contribution in [3.05, 3.63) is 0 Å². The molecule has 0 radical (unpaired) electrons. The molecule has 0 aliphatic carbocycles. The number of hydrogen-bond acceptors (Lipinski definition) is 1. The average Bonchev–Trinajstić information content (AvgIpc) is 2.40. The Balaban J connectivity index is 0.000000180. The van der Waals surface area contributed by atoms with E-state index in [-0.39, 0.29) is 0 Å². The van der Waals surface area contributed by atoms with Crippen LogP contribution >= 0.6 is 0 Å². The molecule has 58 valence electrons. The molecule has 2 heteroatoms. The number of quaternary nitrogens is 1. The maximum atomic E-state index is 7.62. The van der Waals surface area contributed by atoms with Crippen LogP contribution in [0, 0.1) is 11.3 Å². The first-order valence-corrected chi connectivity index (χ1v) is 3.99. The quantitative estimate of drug-likeness (QED) is 0.513. The molecule has 0 spiro atoms. The van der Waals surface area contributed by atoms with E-state index < -0.39 is 0 Å². The highest BCUT2D eigenvalue weighted by atomic mass is 15.1. The molecular weight excluding hydrogens is 124 g/mol. The molecule has 0 aromatic rings. The first kappa shape index (κ1) is 9.45. The van der Waals surface area contributed by atoms with Gasteiger partial charge < -0.3 is 4.90 Å². The fraction of sp³-hybridized carbons (Fsp3) is 0.875. The Bertz CT molecular complexity index is 98.3. The predicted octanol–water partition coefficient (Wildman–Crippen LogP) is 0.215. The molecule has 10 heavy (non-hydrogen) atoms. The minimum atomic E-state index is 0.625. The number of hydrogen-bond donors (Lipinski definition) is 1. The summed E-state index contributed by atoms with van der Waals surface area (Å²) in [5.74, 6) is 0. The van der Waals surface area contributed by atoms with Crippen LogP contribution in [0.25, 0.3) is 0 Å². The van der Waals surface area contributed by atoms with E-state index in [0.717, 1.165) is 0 Å². The van der Waals surface area contributed by atoms with Crippen molar-refractivity contribution in [1.29, 1.82) is 5.26 Å². The Labute approximate surface area is 63.4 Å². The Morgan fingerprint density at radius 1 is 1.40 bits per heavy atom. The van der Waals surface area contributed by atoms with E-state index in [2.05, 4.69) is 7.05 Å². The zero-order valence-corrected chi connectivity index (χ0v) is 6.98. The molecular formula is C8H17N2+. The smallest absolute Gasteiger partial charge is 0.0771 e. The SMILES string of the molecule is CCC#N.C[NH+]1CCCC1. The summed E-state index contributed by atoms with van der Waals surface area (Å²) in [6, 6.07) is 1.93. The first-order valence-electron chi connectivity index (χ1n) is 3.99. The molecule has 1 N–H and O–H groups in total. The summed E-state index contributed by atoms with van der Waals surface area (Å²) < 4.78 is 0. The van der Waals surface area contributed by atoms with Crippen LogP contribution in [0.2, 0.25) is 0 Å². The van der Waals surface area contributed by atoms with Crippen LogP contribution in [-0.2, 0) is 0 Å². The van der Waals surface area contributed by atoms with Gasteiger partial charge in [-0.15, -0.1) is 0 Å². The van der Waals surface area contributed by atoms with Gasteiger partial charge in [0.05, 0.1) is 26.2 Å². The average molecular weight is 141 g/mol. The molecule has 1 aliphatic heterocycles. The minimum Gasteiger partial charge on any atom is -0.337 e. The molecule has 0 aromatic heterocycles. The molecule has 0 aromatic carbocycles. The molecule has 0 saturated carbocycles. The highest BCUT2D eigenvalue weighted by Gasteiger charge is 2.07. The highest BCUT2D eigenvalue weighted by Crippen LogP contribution is 1.84. The van der Waals surface area contributed by atoms with Gasteiger partial charge in [-0.1, -0.05) is 6.92 Å². The van der Waals surface area contributed by atoms with Gasteiger partial charge in [0.2, 0.25) is 0 Å². The van der Waals surface area contributed by atoms with Gasteiger partial charge in [-0.2, -0.15) is 5.26 Å². The molecule has 1 saturated heterocycles. The van der Waals surface area contributed by atoms with E-state index in [0.29, 0.717) is 6.42 Å². The third-order valence-electron chi connectivity index (χ3n) is 1.62. The van der Waals surface area contributed by atoms with Crippen LogP contribution in [0.15, 0.2) is 0 Å². The zero-order valence-electron chi connectivity index (χ0n) is 6.98. The van der Waals surface area contributed by atoms with Gasteiger partial charge in [0.1, 0.15) is 0 Å². The second kappa shape index (κ2) is 6.57. The summed E-state index contributed by atoms with van der Waals surface area (Å²) in [4.78, 5) is 1.70. The van der Waals surface area contributed by atoms with Crippen LogP contribution in [0.4, 0.5) is 0 Å². The fourth-order valence-electron chi connectivity index (χ4n) is 0.979. The third kappa shape index (κ3) is 5.58. The van der Waals surface area contributed by atoms with Crippen molar-refractivity contribution in [2.45, 2.75) is 26.2 Å². The standard InChI is InChI=1S/C5H11N.C3H5N/c1-6-4-2-3-5-6;1-2-3-4/h2-5H2,1H3;2H2,1H3/p+1. The lowest BCUT2D eigenvalue weighted by Gasteiger charge is -1.98. The summed E-state index contributed by atoms with van der Waals surface area (Å²) in [6.07, 6.45) is 3.53. The van der Waals surface area contributed by atoms with Crippen molar-refractivity contribution >= 4 is 0 Å². The molecule has 2 nitrogen and oxygen atoms in total. The number of likely N-dealkylation sites (tertiary alicyclic amines) is 1. The lowest BCUT2D eigenvalue weighted by atomic mass is 10.4. The topological polar surface area (TPSA) is 28.2 Å². The molecule has 1 rings (SSSR count). The molecule has 1 aliphatic rings. The Morgan fingerprint density at radius 3 is 1.90 bits per heavy atom. The fourth-order valence-corrected chi connectivity index (χ4v) is 0.979. The summed E-state index contributed by atoms with van der Waals surface area (Å²) in [7, 11) is 2.26. The molecule has 1 heterocycles. The van der Waals surface area contributed by atoms with E-state index >= 15 is 0 Å². The van der Waals surface area contributed by atoms with Gasteiger partial charge in [0.15, 0.2) is 0 Å². The van der Waals surface area contributed by atoms with E-state index in [1.54, 1.807) is 4.90 Å². The third-order valence-corrected chi connectivity index (χ3v) is 1.62. The zero-order chi connectivity index (χ0) is 7.82. The number of nitrogens with one attached hydrogen (secondary N) is 1. The highest BCUT2D eigenvalue weighted by molar-refractivity contribution is 4.61. The lowest BCUT2D eigenvalue weighted by Crippen LogP contribution is -3.06. The van der Waals surface area contributed by atoms with E-state index in [4.69, 9.17) is 5.26 Å². The van der Waals surface area contributed by atoms with Crippen molar-refractivity contribution in [2.24, 2.45) is 0 Å². The normalized spacial score (nSPS) is 17.3. The van der Waals surface area contributed by atoms with Crippen LogP contribution < -0.4 is 4.90 Å². The molecule has 0 unspecified atom stereocenters. The van der Waals surface area contributed by atoms with Gasteiger partial charge in [-0.05, 0) is 0 Å². The van der Waals surface area contributed by atoms with Crippen LogP contribution in [0.1, 0.15) is 26.2 Å². The number of rotatable bonds is 0. The lowest BCUT2D eigenvalue weighted by molar-refractivity contribution is -0.866. The van der Waals surface area contributed by atoms with Crippen molar-refractivity contribution in [3.8, 4) is 6.07 Å². The summed E-state index contributed by atoms with van der Waals surface area (Å²) in [5.41, 5.74) is 0. The van der Waals surface area contributed by atoms with Gasteiger partial charge in [0.25, 0.3) is 0 Å². The summed E-state index contributed by atoms with van der Waals surface area (Å²) >= 11 is 0. The second-order valence-corrected chi connectivity index (χ2v) is 2.68. The van der Waals surface area contributed by atoms with Gasteiger partial charge in [0, 0.05) is 19.3 Å². The van der Waals surface area contributed by atoms with Crippen molar-refractivity contribution in [2.75, 3.05) is 20.1 Å². The molecule has 0 atom stereocenters. The summed E-state index contributed by atoms with van der Waals surface area (Å²) in [5, 5.41) is 7.62. The molecule has 0 bridgehead atoms. The van der Waals surface area contributed by atoms with Crippen molar-refractivity contribution in [3.63, 3.8) is 0 Å². The van der Waals surface area contributed by atoms with E-state index in [9.17, 15) is 0 Å². The predicted molar refractivity (Wildman–Crippen MR) is 41.8 cm³/mol. The van der Waals surface area contributed by atoms with Gasteiger partial charge in [-0.3, -0.25) is 0 Å². The van der Waals surface area contributed by atoms with Crippen LogP contribution in [0.3, 0.4) is 0 Å². The second-order valence-electron chi connectivity index (χ2n) is 2.68. The largest absolute Gasteiger partial charge is 0.337 e. The number of nitriles is 1. The molecule has 0 amide bonds. The molecule has 1 fully saturated rings.